The lowest BCUT2D eigenvalue weighted by atomic mass is 9.95. The Morgan fingerprint density at radius 2 is 1.84 bits per heavy atom. The topological polar surface area (TPSA) is 42.8 Å². The molecule has 3 saturated heterocycles. The second kappa shape index (κ2) is 9.65. The molecule has 2 aromatic rings. The molecule has 0 bridgehead atoms. The number of halogens is 1. The average molecular weight is 439 g/mol. The van der Waals surface area contributed by atoms with Crippen molar-refractivity contribution in [3.63, 3.8) is 0 Å². The molecule has 3 atom stereocenters. The van der Waals surface area contributed by atoms with Gasteiger partial charge in [-0.2, -0.15) is 0 Å². The van der Waals surface area contributed by atoms with Gasteiger partial charge in [0.1, 0.15) is 11.6 Å². The molecule has 1 N–H and O–H groups in total. The molecule has 0 saturated carbocycles. The Labute approximate surface area is 190 Å². The molecule has 32 heavy (non-hydrogen) atoms. The molecule has 0 aliphatic carbocycles. The van der Waals surface area contributed by atoms with Crippen LogP contribution in [0.4, 0.5) is 21.6 Å². The highest BCUT2D eigenvalue weighted by molar-refractivity contribution is 5.59. The molecule has 3 aliphatic heterocycles. The van der Waals surface area contributed by atoms with Gasteiger partial charge in [-0.25, -0.2) is 9.37 Å². The van der Waals surface area contributed by atoms with Crippen LogP contribution in [0.15, 0.2) is 42.6 Å². The fourth-order valence-electron chi connectivity index (χ4n) is 6.12. The number of hydrogen-bond donors (Lipinski definition) is 1. The molecule has 4 heterocycles. The first-order valence-electron chi connectivity index (χ1n) is 12.4. The number of aromatic nitrogens is 1. The van der Waals surface area contributed by atoms with Gasteiger partial charge in [0.05, 0.1) is 12.1 Å². The highest BCUT2D eigenvalue weighted by Crippen LogP contribution is 2.41. The van der Waals surface area contributed by atoms with Crippen molar-refractivity contribution < 1.29 is 9.50 Å². The first-order chi connectivity index (χ1) is 15.7. The predicted molar refractivity (Wildman–Crippen MR) is 128 cm³/mol. The molecule has 3 aliphatic rings. The second-order valence-electron chi connectivity index (χ2n) is 9.53. The first-order valence-corrected chi connectivity index (χ1v) is 12.4. The summed E-state index contributed by atoms with van der Waals surface area (Å²) >= 11 is 0. The largest absolute Gasteiger partial charge is 0.396 e. The molecule has 0 unspecified atom stereocenters. The maximum Gasteiger partial charge on any atom is 0.131 e. The van der Waals surface area contributed by atoms with Crippen molar-refractivity contribution in [2.45, 2.75) is 69.5 Å². The third kappa shape index (κ3) is 4.29. The van der Waals surface area contributed by atoms with E-state index >= 15 is 0 Å². The van der Waals surface area contributed by atoms with Crippen LogP contribution in [0.1, 0.15) is 51.4 Å². The maximum absolute atomic E-state index is 14.0. The van der Waals surface area contributed by atoms with E-state index in [1.165, 1.54) is 31.0 Å². The molecule has 5 nitrogen and oxygen atoms in total. The lowest BCUT2D eigenvalue weighted by molar-refractivity contribution is 0.279. The molecule has 0 amide bonds. The molecule has 172 valence electrons. The van der Waals surface area contributed by atoms with E-state index in [0.29, 0.717) is 18.1 Å². The Morgan fingerprint density at radius 1 is 0.969 bits per heavy atom. The van der Waals surface area contributed by atoms with Gasteiger partial charge in [0.25, 0.3) is 0 Å². The number of aliphatic hydroxyl groups is 1. The van der Waals surface area contributed by atoms with Crippen molar-refractivity contribution in [3.05, 3.63) is 48.4 Å². The van der Waals surface area contributed by atoms with Gasteiger partial charge in [0.2, 0.25) is 0 Å². The van der Waals surface area contributed by atoms with Crippen molar-refractivity contribution in [1.82, 2.24) is 4.98 Å². The Kier molecular flexibility index (Phi) is 6.49. The van der Waals surface area contributed by atoms with Crippen LogP contribution in [0.5, 0.6) is 0 Å². The summed E-state index contributed by atoms with van der Waals surface area (Å²) in [5, 5.41) is 9.52. The van der Waals surface area contributed by atoms with E-state index in [4.69, 9.17) is 4.98 Å². The van der Waals surface area contributed by atoms with Gasteiger partial charge in [-0.1, -0.05) is 6.07 Å². The maximum atomic E-state index is 14.0. The Bertz CT molecular complexity index is 903. The van der Waals surface area contributed by atoms with E-state index in [1.807, 2.05) is 18.3 Å². The average Bonchev–Trinajstić information content (AvgIpc) is 3.22. The fraction of sp³-hybridized carbons (Fsp3) is 0.577. The van der Waals surface area contributed by atoms with Gasteiger partial charge < -0.3 is 19.8 Å². The van der Waals surface area contributed by atoms with Crippen molar-refractivity contribution in [2.75, 3.05) is 40.9 Å². The number of piperidine rings is 2. The summed E-state index contributed by atoms with van der Waals surface area (Å²) in [7, 11) is 0. The quantitative estimate of drug-likeness (QED) is 0.714. The van der Waals surface area contributed by atoms with Crippen molar-refractivity contribution in [1.29, 1.82) is 0 Å². The third-order valence-electron chi connectivity index (χ3n) is 7.56. The van der Waals surface area contributed by atoms with Gasteiger partial charge in [-0.15, -0.1) is 0 Å². The minimum atomic E-state index is -0.174. The van der Waals surface area contributed by atoms with Crippen LogP contribution >= 0.6 is 0 Å². The highest BCUT2D eigenvalue weighted by Gasteiger charge is 2.46. The van der Waals surface area contributed by atoms with E-state index in [0.717, 1.165) is 63.2 Å². The van der Waals surface area contributed by atoms with Crippen molar-refractivity contribution >= 4 is 17.2 Å². The summed E-state index contributed by atoms with van der Waals surface area (Å²) in [6, 6.07) is 12.5. The zero-order valence-electron chi connectivity index (χ0n) is 18.9. The van der Waals surface area contributed by atoms with Gasteiger partial charge in [-0.05, 0) is 75.6 Å². The highest BCUT2D eigenvalue weighted by atomic mass is 19.1. The van der Waals surface area contributed by atoms with Crippen molar-refractivity contribution in [2.24, 2.45) is 0 Å². The molecule has 0 spiro atoms. The SMILES string of the molecule is OCCC[C@@H]1C[C@H]2[C@H](CCCN2c2cccc(F)c2)N1c1cc(N2CCCCC2)ccn1. The molecule has 6 heteroatoms. The second-order valence-corrected chi connectivity index (χ2v) is 9.53. The Hall–Kier alpha value is -2.34. The van der Waals surface area contributed by atoms with E-state index < -0.39 is 0 Å². The summed E-state index contributed by atoms with van der Waals surface area (Å²) in [6.45, 7) is 3.43. The van der Waals surface area contributed by atoms with E-state index in [-0.39, 0.29) is 12.4 Å². The van der Waals surface area contributed by atoms with Crippen LogP contribution in [0.2, 0.25) is 0 Å². The van der Waals surface area contributed by atoms with Crippen LogP contribution in [0.25, 0.3) is 0 Å². The normalized spacial score (nSPS) is 25.8. The summed E-state index contributed by atoms with van der Waals surface area (Å²) in [6.07, 6.45) is 10.8. The number of hydrogen-bond acceptors (Lipinski definition) is 5. The monoisotopic (exact) mass is 438 g/mol. The van der Waals surface area contributed by atoms with Crippen molar-refractivity contribution in [3.8, 4) is 0 Å². The number of benzene rings is 1. The van der Waals surface area contributed by atoms with Gasteiger partial charge >= 0.3 is 0 Å². The number of pyridine rings is 1. The Morgan fingerprint density at radius 3 is 2.66 bits per heavy atom. The summed E-state index contributed by atoms with van der Waals surface area (Å²) < 4.78 is 14.0. The lowest BCUT2D eigenvalue weighted by Crippen LogP contribution is -2.50. The summed E-state index contributed by atoms with van der Waals surface area (Å²) in [5.74, 6) is 0.886. The van der Waals surface area contributed by atoms with Crippen LogP contribution in [-0.4, -0.2) is 54.5 Å². The minimum absolute atomic E-state index is 0.174. The molecule has 1 aromatic heterocycles. The minimum Gasteiger partial charge on any atom is -0.396 e. The molecule has 1 aromatic carbocycles. The zero-order chi connectivity index (χ0) is 21.9. The molecular weight excluding hydrogens is 403 g/mol. The van der Waals surface area contributed by atoms with Gasteiger partial charge in [0, 0.05) is 55.9 Å². The van der Waals surface area contributed by atoms with Crippen LogP contribution in [0.3, 0.4) is 0 Å². The number of nitrogens with zero attached hydrogens (tertiary/aromatic N) is 4. The van der Waals surface area contributed by atoms with Crippen LogP contribution < -0.4 is 14.7 Å². The summed E-state index contributed by atoms with van der Waals surface area (Å²) in [5.41, 5.74) is 2.26. The Balaban J connectivity index is 1.45. The standard InChI is InChI=1S/C26H35FN4O/c27-20-7-4-8-22(17-20)30-15-5-10-24-25(30)18-23(9-6-16-32)31(24)26-19-21(11-12-28-26)29-13-2-1-3-14-29/h4,7-8,11-12,17,19,23-25,32H,1-3,5-6,9-10,13-16,18H2/t23-,24+,25+/m1/s1. The van der Waals surface area contributed by atoms with Crippen LogP contribution in [0, 0.1) is 5.82 Å². The third-order valence-corrected chi connectivity index (χ3v) is 7.56. The van der Waals surface area contributed by atoms with E-state index in [2.05, 4.69) is 26.8 Å². The lowest BCUT2D eigenvalue weighted by Gasteiger charge is -2.42. The smallest absolute Gasteiger partial charge is 0.131 e. The number of aliphatic hydroxyl groups excluding tert-OH is 1. The molecular formula is C26H35FN4O. The van der Waals surface area contributed by atoms with Gasteiger partial charge in [0.15, 0.2) is 0 Å². The summed E-state index contributed by atoms with van der Waals surface area (Å²) in [4.78, 5) is 12.3. The number of fused-ring (bicyclic) bond motifs is 1. The molecule has 5 rings (SSSR count). The first kappa shape index (κ1) is 21.5. The zero-order valence-corrected chi connectivity index (χ0v) is 18.9. The van der Waals surface area contributed by atoms with Gasteiger partial charge in [-0.3, -0.25) is 0 Å². The molecule has 0 radical (unpaired) electrons. The molecule has 3 fully saturated rings. The van der Waals surface area contributed by atoms with E-state index in [9.17, 15) is 9.50 Å². The number of anilines is 3. The van der Waals surface area contributed by atoms with E-state index in [1.54, 1.807) is 6.07 Å². The van der Waals surface area contributed by atoms with Crippen LogP contribution in [-0.2, 0) is 0 Å². The number of rotatable bonds is 6. The predicted octanol–water partition coefficient (Wildman–Crippen LogP) is 4.60. The fourth-order valence-corrected chi connectivity index (χ4v) is 6.12.